The van der Waals surface area contributed by atoms with Crippen molar-refractivity contribution in [1.29, 1.82) is 0 Å². The number of aryl methyl sites for hydroxylation is 1. The fraction of sp³-hybridized carbons (Fsp3) is 0.450. The van der Waals surface area contributed by atoms with Gasteiger partial charge in [0, 0.05) is 52.7 Å². The van der Waals surface area contributed by atoms with E-state index < -0.39 is 10.0 Å². The lowest BCUT2D eigenvalue weighted by atomic mass is 10.2. The second-order valence-corrected chi connectivity index (χ2v) is 9.65. The van der Waals surface area contributed by atoms with E-state index in [4.69, 9.17) is 11.6 Å². The molecule has 0 spiro atoms. The van der Waals surface area contributed by atoms with Crippen LogP contribution in [0, 0.1) is 0 Å². The molecule has 0 aliphatic carbocycles. The molecule has 0 unspecified atom stereocenters. The van der Waals surface area contributed by atoms with E-state index in [2.05, 4.69) is 10.3 Å². The molecule has 0 radical (unpaired) electrons. The van der Waals surface area contributed by atoms with Gasteiger partial charge >= 0.3 is 0 Å². The summed E-state index contributed by atoms with van der Waals surface area (Å²) in [6, 6.07) is 9.00. The van der Waals surface area contributed by atoms with Crippen LogP contribution >= 0.6 is 35.6 Å². The van der Waals surface area contributed by atoms with Gasteiger partial charge in [0.05, 0.1) is 16.5 Å². The van der Waals surface area contributed by atoms with Gasteiger partial charge < -0.3 is 14.8 Å². The molecule has 1 aromatic heterocycles. The van der Waals surface area contributed by atoms with E-state index >= 15 is 0 Å². The Morgan fingerprint density at radius 3 is 2.40 bits per heavy atom. The standard InChI is InChI=1S/C20H28ClN5O2S.HI/c1-22-20(25(3)15-18-12-17(21)14-24(18)2)23-13-16-6-8-19(9-7-16)29(27,28)26-10-4-5-11-26;/h6-9,12,14H,4-5,10-11,13,15H2,1-3H3,(H,22,23);1H. The summed E-state index contributed by atoms with van der Waals surface area (Å²) in [5, 5.41) is 4.03. The second kappa shape index (κ2) is 10.8. The van der Waals surface area contributed by atoms with Gasteiger partial charge in [-0.1, -0.05) is 23.7 Å². The van der Waals surface area contributed by atoms with Gasteiger partial charge in [0.1, 0.15) is 0 Å². The summed E-state index contributed by atoms with van der Waals surface area (Å²) in [6.07, 6.45) is 3.74. The van der Waals surface area contributed by atoms with Crippen molar-refractivity contribution in [2.24, 2.45) is 12.0 Å². The quantitative estimate of drug-likeness (QED) is 0.332. The van der Waals surface area contributed by atoms with E-state index in [1.807, 2.05) is 48.0 Å². The first kappa shape index (κ1) is 25.0. The van der Waals surface area contributed by atoms with Crippen molar-refractivity contribution in [2.75, 3.05) is 27.2 Å². The molecule has 2 heterocycles. The van der Waals surface area contributed by atoms with Crippen LogP contribution in [0.25, 0.3) is 0 Å². The van der Waals surface area contributed by atoms with Crippen LogP contribution in [0.1, 0.15) is 24.1 Å². The highest BCUT2D eigenvalue weighted by Crippen LogP contribution is 2.21. The second-order valence-electron chi connectivity index (χ2n) is 7.27. The van der Waals surface area contributed by atoms with Gasteiger partial charge in [-0.3, -0.25) is 4.99 Å². The summed E-state index contributed by atoms with van der Waals surface area (Å²) in [5.41, 5.74) is 2.07. The molecule has 1 aliphatic heterocycles. The van der Waals surface area contributed by atoms with Crippen LogP contribution in [0.2, 0.25) is 5.02 Å². The number of rotatable bonds is 6. The number of halogens is 2. The minimum absolute atomic E-state index is 0. The fourth-order valence-corrected chi connectivity index (χ4v) is 5.25. The summed E-state index contributed by atoms with van der Waals surface area (Å²) in [7, 11) is 2.29. The normalized spacial score (nSPS) is 15.1. The number of hydrogen-bond acceptors (Lipinski definition) is 3. The molecule has 1 saturated heterocycles. The van der Waals surface area contributed by atoms with Crippen molar-refractivity contribution in [1.82, 2.24) is 19.1 Å². The van der Waals surface area contributed by atoms with Crippen molar-refractivity contribution in [3.05, 3.63) is 52.8 Å². The smallest absolute Gasteiger partial charge is 0.243 e. The predicted molar refractivity (Wildman–Crippen MR) is 132 cm³/mol. The Kier molecular flexibility index (Phi) is 9.01. The molecule has 0 bridgehead atoms. The molecule has 166 valence electrons. The molecule has 1 fully saturated rings. The van der Waals surface area contributed by atoms with E-state index in [0.717, 1.165) is 30.1 Å². The lowest BCUT2D eigenvalue weighted by molar-refractivity contribution is 0.461. The van der Waals surface area contributed by atoms with Gasteiger partial charge in [0.2, 0.25) is 10.0 Å². The van der Waals surface area contributed by atoms with Gasteiger partial charge in [-0.05, 0) is 36.6 Å². The van der Waals surface area contributed by atoms with E-state index in [1.165, 1.54) is 0 Å². The third-order valence-electron chi connectivity index (χ3n) is 5.12. The summed E-state index contributed by atoms with van der Waals surface area (Å²) in [4.78, 5) is 6.70. The van der Waals surface area contributed by atoms with Crippen LogP contribution in [-0.2, 0) is 30.2 Å². The van der Waals surface area contributed by atoms with Gasteiger partial charge in [0.25, 0.3) is 0 Å². The highest BCUT2D eigenvalue weighted by molar-refractivity contribution is 14.0. The average molecular weight is 566 g/mol. The molecule has 3 rings (SSSR count). The SMILES string of the molecule is CN=C(NCc1ccc(S(=O)(=O)N2CCCC2)cc1)N(C)Cc1cc(Cl)cn1C.I. The Morgan fingerprint density at radius 2 is 1.87 bits per heavy atom. The average Bonchev–Trinajstić information content (AvgIpc) is 3.33. The largest absolute Gasteiger partial charge is 0.352 e. The molecule has 1 N–H and O–H groups in total. The summed E-state index contributed by atoms with van der Waals surface area (Å²) >= 11 is 6.06. The minimum atomic E-state index is -3.37. The molecule has 1 aliphatic rings. The maximum atomic E-state index is 12.6. The number of aromatic nitrogens is 1. The van der Waals surface area contributed by atoms with Crippen molar-refractivity contribution >= 4 is 51.6 Å². The molecule has 0 saturated carbocycles. The first-order valence-electron chi connectivity index (χ1n) is 9.63. The number of hydrogen-bond donors (Lipinski definition) is 1. The number of guanidine groups is 1. The zero-order valence-corrected chi connectivity index (χ0v) is 21.4. The Hall–Kier alpha value is -1.30. The molecule has 0 amide bonds. The predicted octanol–water partition coefficient (Wildman–Crippen LogP) is 3.29. The zero-order chi connectivity index (χ0) is 21.0. The monoisotopic (exact) mass is 565 g/mol. The number of nitrogens with zero attached hydrogens (tertiary/aromatic N) is 4. The first-order chi connectivity index (χ1) is 13.8. The summed E-state index contributed by atoms with van der Waals surface area (Å²) < 4.78 is 28.8. The highest BCUT2D eigenvalue weighted by Gasteiger charge is 2.26. The van der Waals surface area contributed by atoms with E-state index in [0.29, 0.717) is 36.1 Å². The highest BCUT2D eigenvalue weighted by atomic mass is 127. The Morgan fingerprint density at radius 1 is 1.23 bits per heavy atom. The molecular weight excluding hydrogens is 537 g/mol. The van der Waals surface area contributed by atoms with Gasteiger partial charge in [-0.15, -0.1) is 24.0 Å². The molecular formula is C20H29ClIN5O2S. The van der Waals surface area contributed by atoms with Gasteiger partial charge in [-0.2, -0.15) is 4.31 Å². The van der Waals surface area contributed by atoms with Crippen molar-refractivity contribution in [3.8, 4) is 0 Å². The number of aliphatic imine (C=N–C) groups is 1. The topological polar surface area (TPSA) is 69.9 Å². The van der Waals surface area contributed by atoms with Gasteiger partial charge in [-0.25, -0.2) is 8.42 Å². The van der Waals surface area contributed by atoms with Crippen molar-refractivity contribution in [3.63, 3.8) is 0 Å². The first-order valence-corrected chi connectivity index (χ1v) is 11.4. The Bertz CT molecular complexity index is 970. The number of nitrogens with one attached hydrogen (secondary N) is 1. The molecule has 1 aromatic carbocycles. The maximum Gasteiger partial charge on any atom is 0.243 e. The fourth-order valence-electron chi connectivity index (χ4n) is 3.46. The number of sulfonamides is 1. The molecule has 2 aromatic rings. The Balaban J connectivity index is 0.00000320. The molecule has 0 atom stereocenters. The minimum Gasteiger partial charge on any atom is -0.352 e. The van der Waals surface area contributed by atoms with Crippen LogP contribution in [0.3, 0.4) is 0 Å². The third kappa shape index (κ3) is 5.89. The van der Waals surface area contributed by atoms with E-state index in [9.17, 15) is 8.42 Å². The van der Waals surface area contributed by atoms with Crippen LogP contribution in [0.5, 0.6) is 0 Å². The maximum absolute atomic E-state index is 12.6. The van der Waals surface area contributed by atoms with Crippen LogP contribution in [0.4, 0.5) is 0 Å². The number of benzene rings is 1. The van der Waals surface area contributed by atoms with E-state index in [1.54, 1.807) is 23.5 Å². The Labute approximate surface area is 201 Å². The van der Waals surface area contributed by atoms with Crippen LogP contribution < -0.4 is 5.32 Å². The summed E-state index contributed by atoms with van der Waals surface area (Å²) in [6.45, 7) is 2.44. The molecule has 10 heteroatoms. The van der Waals surface area contributed by atoms with Crippen molar-refractivity contribution < 1.29 is 8.42 Å². The zero-order valence-electron chi connectivity index (χ0n) is 17.5. The lowest BCUT2D eigenvalue weighted by Gasteiger charge is -2.22. The molecule has 30 heavy (non-hydrogen) atoms. The summed E-state index contributed by atoms with van der Waals surface area (Å²) in [5.74, 6) is 0.746. The lowest BCUT2D eigenvalue weighted by Crippen LogP contribution is -2.38. The van der Waals surface area contributed by atoms with Crippen LogP contribution in [0.15, 0.2) is 46.4 Å². The molecule has 7 nitrogen and oxygen atoms in total. The van der Waals surface area contributed by atoms with E-state index in [-0.39, 0.29) is 24.0 Å². The third-order valence-corrected chi connectivity index (χ3v) is 7.24. The van der Waals surface area contributed by atoms with Gasteiger partial charge in [0.15, 0.2) is 5.96 Å². The van der Waals surface area contributed by atoms with Crippen molar-refractivity contribution in [2.45, 2.75) is 30.8 Å². The van der Waals surface area contributed by atoms with Crippen LogP contribution in [-0.4, -0.2) is 55.3 Å².